The van der Waals surface area contributed by atoms with Gasteiger partial charge in [0.2, 0.25) is 0 Å². The van der Waals surface area contributed by atoms with Crippen LogP contribution >= 0.6 is 0 Å². The van der Waals surface area contributed by atoms with E-state index in [0.717, 1.165) is 22.7 Å². The van der Waals surface area contributed by atoms with Crippen LogP contribution in [-0.2, 0) is 13.0 Å². The third-order valence-electron chi connectivity index (χ3n) is 5.45. The zero-order valence-corrected chi connectivity index (χ0v) is 17.3. The number of benzene rings is 1. The van der Waals surface area contributed by atoms with Gasteiger partial charge in [0.25, 0.3) is 5.56 Å². The van der Waals surface area contributed by atoms with E-state index in [-0.39, 0.29) is 12.0 Å². The van der Waals surface area contributed by atoms with E-state index in [2.05, 4.69) is 43.4 Å². The summed E-state index contributed by atoms with van der Waals surface area (Å²) in [5.41, 5.74) is 7.48. The molecule has 1 N–H and O–H groups in total. The monoisotopic (exact) mass is 397 g/mol. The second kappa shape index (κ2) is 7.88. The van der Waals surface area contributed by atoms with Crippen LogP contribution in [0.15, 0.2) is 59.7 Å². The topological polar surface area (TPSA) is 75.1 Å². The van der Waals surface area contributed by atoms with Gasteiger partial charge in [-0.3, -0.25) is 13.8 Å². The van der Waals surface area contributed by atoms with E-state index < -0.39 is 0 Å². The Bertz CT molecular complexity index is 1320. The van der Waals surface area contributed by atoms with Crippen molar-refractivity contribution >= 4 is 11.3 Å². The van der Waals surface area contributed by atoms with Crippen LogP contribution < -0.4 is 10.9 Å². The van der Waals surface area contributed by atoms with Gasteiger partial charge >= 0.3 is 0 Å². The first-order chi connectivity index (χ1) is 14.5. The molecule has 4 aromatic rings. The Labute approximate surface area is 175 Å². The number of nitrogens with one attached hydrogen (secondary N) is 1. The van der Waals surface area contributed by atoms with Gasteiger partial charge in [0.1, 0.15) is 0 Å². The summed E-state index contributed by atoms with van der Waals surface area (Å²) < 4.78 is 3.51. The zero-order chi connectivity index (χ0) is 21.3. The Hall–Kier alpha value is -3.85. The van der Waals surface area contributed by atoms with Crippen molar-refractivity contribution in [1.82, 2.24) is 14.0 Å². The van der Waals surface area contributed by atoms with Crippen molar-refractivity contribution in [2.75, 3.05) is 5.32 Å². The van der Waals surface area contributed by atoms with Gasteiger partial charge in [-0.25, -0.2) is 4.98 Å². The molecule has 0 unspecified atom stereocenters. The number of aromatic nitrogens is 3. The van der Waals surface area contributed by atoms with Crippen LogP contribution in [0.25, 0.3) is 11.3 Å². The quantitative estimate of drug-likeness (QED) is 0.550. The van der Waals surface area contributed by atoms with Crippen molar-refractivity contribution in [3.8, 4) is 11.8 Å². The number of nitriles is 1. The first-order valence-corrected chi connectivity index (χ1v) is 9.85. The molecule has 0 aliphatic heterocycles. The predicted molar refractivity (Wildman–Crippen MR) is 118 cm³/mol. The number of aryl methyl sites for hydroxylation is 3. The summed E-state index contributed by atoms with van der Waals surface area (Å²) in [5, 5.41) is 12.8. The number of pyridine rings is 2. The minimum Gasteiger partial charge on any atom is -0.378 e. The number of hydrogen-bond donors (Lipinski definition) is 1. The van der Waals surface area contributed by atoms with Crippen LogP contribution in [-0.4, -0.2) is 14.0 Å². The highest BCUT2D eigenvalue weighted by Gasteiger charge is 2.15. The van der Waals surface area contributed by atoms with Crippen LogP contribution in [0.2, 0.25) is 0 Å². The fourth-order valence-corrected chi connectivity index (χ4v) is 3.79. The average molecular weight is 397 g/mol. The number of imidazole rings is 1. The molecule has 0 radical (unpaired) electrons. The molecule has 6 nitrogen and oxygen atoms in total. The lowest BCUT2D eigenvalue weighted by Crippen LogP contribution is -2.17. The lowest BCUT2D eigenvalue weighted by molar-refractivity contribution is 0.951. The summed E-state index contributed by atoms with van der Waals surface area (Å²) in [4.78, 5) is 17.1. The summed E-state index contributed by atoms with van der Waals surface area (Å²) in [6, 6.07) is 15.5. The van der Waals surface area contributed by atoms with Crippen LogP contribution in [0, 0.1) is 32.1 Å². The maximum atomic E-state index is 12.4. The van der Waals surface area contributed by atoms with Gasteiger partial charge in [0.15, 0.2) is 5.65 Å². The Morgan fingerprint density at radius 3 is 2.57 bits per heavy atom. The third-order valence-corrected chi connectivity index (χ3v) is 5.45. The Balaban J connectivity index is 1.87. The number of fused-ring (bicyclic) bond motifs is 1. The van der Waals surface area contributed by atoms with Crippen molar-refractivity contribution in [2.24, 2.45) is 0 Å². The summed E-state index contributed by atoms with van der Waals surface area (Å²) >= 11 is 0. The molecule has 0 saturated carbocycles. The summed E-state index contributed by atoms with van der Waals surface area (Å²) in [5.74, 6) is 0. The molecule has 3 heterocycles. The molecule has 0 atom stereocenters. The molecule has 0 saturated heterocycles. The lowest BCUT2D eigenvalue weighted by Gasteiger charge is -2.15. The molecule has 6 heteroatoms. The van der Waals surface area contributed by atoms with Gasteiger partial charge in [-0.2, -0.15) is 5.26 Å². The highest BCUT2D eigenvalue weighted by Crippen LogP contribution is 2.25. The molecule has 0 spiro atoms. The van der Waals surface area contributed by atoms with Crippen molar-refractivity contribution < 1.29 is 0 Å². The SMILES string of the molecule is Cc1cccc(C)c1CNc1cc(-n2ccccc2=O)cn2c(CC#N)c(C)nc12. The van der Waals surface area contributed by atoms with Crippen LogP contribution in [0.1, 0.15) is 28.1 Å². The Kier molecular flexibility index (Phi) is 5.11. The van der Waals surface area contributed by atoms with Gasteiger partial charge < -0.3 is 5.32 Å². The van der Waals surface area contributed by atoms with Crippen molar-refractivity contribution in [2.45, 2.75) is 33.7 Å². The second-order valence-corrected chi connectivity index (χ2v) is 7.42. The fraction of sp³-hybridized carbons (Fsp3) is 0.208. The molecule has 0 bridgehead atoms. The summed E-state index contributed by atoms with van der Waals surface area (Å²) in [6.45, 7) is 6.75. The molecule has 0 aliphatic carbocycles. The standard InChI is InChI=1S/C24H23N5O/c1-16-7-6-8-17(2)20(16)14-26-21-13-19(28-12-5-4-9-23(28)30)15-29-22(10-11-25)18(3)27-24(21)29/h4-9,12-13,15,26H,10,14H2,1-3H3. The molecule has 0 amide bonds. The lowest BCUT2D eigenvalue weighted by atomic mass is 10.0. The normalized spacial score (nSPS) is 10.9. The second-order valence-electron chi connectivity index (χ2n) is 7.42. The van der Waals surface area contributed by atoms with E-state index >= 15 is 0 Å². The van der Waals surface area contributed by atoms with Crippen molar-refractivity contribution in [3.05, 3.63) is 93.3 Å². The predicted octanol–water partition coefficient (Wildman–Crippen LogP) is 4.09. The van der Waals surface area contributed by atoms with Gasteiger partial charge in [-0.15, -0.1) is 0 Å². The number of nitrogens with zero attached hydrogens (tertiary/aromatic N) is 4. The van der Waals surface area contributed by atoms with E-state index in [1.807, 2.05) is 29.7 Å². The van der Waals surface area contributed by atoms with E-state index in [0.29, 0.717) is 12.2 Å². The Morgan fingerprint density at radius 2 is 1.87 bits per heavy atom. The fourth-order valence-electron chi connectivity index (χ4n) is 3.79. The van der Waals surface area contributed by atoms with E-state index in [1.165, 1.54) is 22.8 Å². The van der Waals surface area contributed by atoms with Gasteiger partial charge in [0.05, 0.1) is 35.3 Å². The maximum Gasteiger partial charge on any atom is 0.255 e. The molecule has 0 fully saturated rings. The average Bonchev–Trinajstić information content (AvgIpc) is 3.04. The van der Waals surface area contributed by atoms with E-state index in [1.54, 1.807) is 16.8 Å². The van der Waals surface area contributed by atoms with E-state index in [4.69, 9.17) is 4.98 Å². The molecule has 150 valence electrons. The molecular formula is C24H23N5O. The number of anilines is 1. The zero-order valence-electron chi connectivity index (χ0n) is 17.3. The maximum absolute atomic E-state index is 12.4. The van der Waals surface area contributed by atoms with E-state index in [9.17, 15) is 10.1 Å². The summed E-state index contributed by atoms with van der Waals surface area (Å²) in [7, 11) is 0. The third kappa shape index (κ3) is 3.46. The van der Waals surface area contributed by atoms with Crippen molar-refractivity contribution in [3.63, 3.8) is 0 Å². The molecule has 30 heavy (non-hydrogen) atoms. The van der Waals surface area contributed by atoms with Gasteiger partial charge in [-0.1, -0.05) is 24.3 Å². The largest absolute Gasteiger partial charge is 0.378 e. The molecule has 4 rings (SSSR count). The smallest absolute Gasteiger partial charge is 0.255 e. The minimum absolute atomic E-state index is 0.115. The van der Waals surface area contributed by atoms with Crippen LogP contribution in [0.5, 0.6) is 0 Å². The first-order valence-electron chi connectivity index (χ1n) is 9.85. The van der Waals surface area contributed by atoms with Crippen LogP contribution in [0.4, 0.5) is 5.69 Å². The molecular weight excluding hydrogens is 374 g/mol. The molecule has 1 aromatic carbocycles. The summed E-state index contributed by atoms with van der Waals surface area (Å²) in [6.07, 6.45) is 3.86. The molecule has 0 aliphatic rings. The van der Waals surface area contributed by atoms with Gasteiger partial charge in [-0.05, 0) is 49.6 Å². The Morgan fingerprint density at radius 1 is 1.10 bits per heavy atom. The highest BCUT2D eigenvalue weighted by atomic mass is 16.1. The van der Waals surface area contributed by atoms with Gasteiger partial charge in [0, 0.05) is 25.0 Å². The molecule has 3 aromatic heterocycles. The van der Waals surface area contributed by atoms with Crippen LogP contribution in [0.3, 0.4) is 0 Å². The first kappa shape index (κ1) is 19.5. The minimum atomic E-state index is -0.115. The highest BCUT2D eigenvalue weighted by molar-refractivity contribution is 5.72. The number of hydrogen-bond acceptors (Lipinski definition) is 4. The van der Waals surface area contributed by atoms with Crippen molar-refractivity contribution in [1.29, 1.82) is 5.26 Å². The number of rotatable bonds is 5.